The highest BCUT2D eigenvalue weighted by Gasteiger charge is 2.07. The second-order valence-electron chi connectivity index (χ2n) is 5.24. The van der Waals surface area contributed by atoms with Crippen LogP contribution in [0.3, 0.4) is 0 Å². The molecular formula is C14H24N6. The van der Waals surface area contributed by atoms with Crippen LogP contribution in [-0.4, -0.2) is 52.5 Å². The Morgan fingerprint density at radius 1 is 1.40 bits per heavy atom. The Bertz CT molecular complexity index is 548. The highest BCUT2D eigenvalue weighted by Crippen LogP contribution is 2.15. The second-order valence-corrected chi connectivity index (χ2v) is 5.24. The molecule has 2 N–H and O–H groups in total. The average molecular weight is 276 g/mol. The van der Waals surface area contributed by atoms with Gasteiger partial charge in [0.25, 0.3) is 0 Å². The molecule has 0 aliphatic heterocycles. The molecule has 2 aromatic rings. The van der Waals surface area contributed by atoms with Gasteiger partial charge < -0.3 is 19.9 Å². The SMILES string of the molecule is CNc1cn2ccnc2c(NCCCN(C)C(C)C)n1. The van der Waals surface area contributed by atoms with Crippen LogP contribution < -0.4 is 10.6 Å². The van der Waals surface area contributed by atoms with Crippen molar-refractivity contribution >= 4 is 17.3 Å². The lowest BCUT2D eigenvalue weighted by atomic mass is 10.3. The fourth-order valence-electron chi connectivity index (χ4n) is 1.96. The highest BCUT2D eigenvalue weighted by atomic mass is 15.1. The van der Waals surface area contributed by atoms with E-state index in [4.69, 9.17) is 0 Å². The van der Waals surface area contributed by atoms with Gasteiger partial charge in [0.05, 0.1) is 6.20 Å². The van der Waals surface area contributed by atoms with Crippen LogP contribution in [0.2, 0.25) is 0 Å². The number of fused-ring (bicyclic) bond motifs is 1. The maximum atomic E-state index is 4.52. The number of nitrogens with one attached hydrogen (secondary N) is 2. The number of hydrogen-bond acceptors (Lipinski definition) is 5. The lowest BCUT2D eigenvalue weighted by Crippen LogP contribution is -2.28. The molecule has 0 fully saturated rings. The van der Waals surface area contributed by atoms with Gasteiger partial charge in [0.2, 0.25) is 0 Å². The fraction of sp³-hybridized carbons (Fsp3) is 0.571. The zero-order chi connectivity index (χ0) is 14.5. The number of imidazole rings is 1. The first-order chi connectivity index (χ1) is 9.61. The molecule has 0 spiro atoms. The Morgan fingerprint density at radius 2 is 2.20 bits per heavy atom. The minimum absolute atomic E-state index is 0.583. The molecule has 0 atom stereocenters. The van der Waals surface area contributed by atoms with E-state index in [1.807, 2.05) is 23.8 Å². The molecule has 0 aliphatic rings. The van der Waals surface area contributed by atoms with E-state index in [1.54, 1.807) is 6.20 Å². The summed E-state index contributed by atoms with van der Waals surface area (Å²) < 4.78 is 1.97. The first-order valence-corrected chi connectivity index (χ1v) is 7.07. The largest absolute Gasteiger partial charge is 0.372 e. The number of anilines is 2. The normalized spacial score (nSPS) is 11.5. The van der Waals surface area contributed by atoms with Crippen LogP contribution in [0.1, 0.15) is 20.3 Å². The molecular weight excluding hydrogens is 252 g/mol. The molecule has 6 heteroatoms. The molecule has 0 amide bonds. The van der Waals surface area contributed by atoms with Crippen molar-refractivity contribution in [2.75, 3.05) is 37.8 Å². The van der Waals surface area contributed by atoms with Gasteiger partial charge in [0.15, 0.2) is 11.5 Å². The minimum Gasteiger partial charge on any atom is -0.372 e. The van der Waals surface area contributed by atoms with Gasteiger partial charge in [-0.3, -0.25) is 0 Å². The topological polar surface area (TPSA) is 57.5 Å². The first-order valence-electron chi connectivity index (χ1n) is 7.07. The molecule has 0 saturated heterocycles. The molecule has 2 aromatic heterocycles. The maximum absolute atomic E-state index is 4.52. The summed E-state index contributed by atoms with van der Waals surface area (Å²) in [7, 11) is 4.02. The van der Waals surface area contributed by atoms with Crippen molar-refractivity contribution in [1.29, 1.82) is 0 Å². The Morgan fingerprint density at radius 3 is 2.90 bits per heavy atom. The molecule has 110 valence electrons. The number of rotatable bonds is 7. The number of aromatic nitrogens is 3. The van der Waals surface area contributed by atoms with E-state index < -0.39 is 0 Å². The van der Waals surface area contributed by atoms with Crippen molar-refractivity contribution in [3.8, 4) is 0 Å². The second kappa shape index (κ2) is 6.56. The molecule has 0 bridgehead atoms. The highest BCUT2D eigenvalue weighted by molar-refractivity contribution is 5.65. The molecule has 2 heterocycles. The van der Waals surface area contributed by atoms with Crippen LogP contribution >= 0.6 is 0 Å². The molecule has 0 unspecified atom stereocenters. The van der Waals surface area contributed by atoms with Gasteiger partial charge in [-0.2, -0.15) is 0 Å². The van der Waals surface area contributed by atoms with Crippen molar-refractivity contribution in [3.63, 3.8) is 0 Å². The van der Waals surface area contributed by atoms with Crippen molar-refractivity contribution in [2.45, 2.75) is 26.3 Å². The van der Waals surface area contributed by atoms with Crippen molar-refractivity contribution in [1.82, 2.24) is 19.3 Å². The predicted octanol–water partition coefficient (Wildman–Crippen LogP) is 1.91. The van der Waals surface area contributed by atoms with Gasteiger partial charge in [-0.15, -0.1) is 0 Å². The van der Waals surface area contributed by atoms with Gasteiger partial charge >= 0.3 is 0 Å². The Balaban J connectivity index is 1.97. The summed E-state index contributed by atoms with van der Waals surface area (Å²) in [6.45, 7) is 6.37. The van der Waals surface area contributed by atoms with Crippen LogP contribution in [0.25, 0.3) is 5.65 Å². The quantitative estimate of drug-likeness (QED) is 0.757. The lowest BCUT2D eigenvalue weighted by Gasteiger charge is -2.20. The number of nitrogens with zero attached hydrogens (tertiary/aromatic N) is 4. The summed E-state index contributed by atoms with van der Waals surface area (Å²) >= 11 is 0. The van der Waals surface area contributed by atoms with Crippen LogP contribution in [0.4, 0.5) is 11.6 Å². The van der Waals surface area contributed by atoms with E-state index >= 15 is 0 Å². The lowest BCUT2D eigenvalue weighted by molar-refractivity contribution is 0.273. The maximum Gasteiger partial charge on any atom is 0.180 e. The summed E-state index contributed by atoms with van der Waals surface area (Å²) in [4.78, 5) is 11.2. The van der Waals surface area contributed by atoms with E-state index in [9.17, 15) is 0 Å². The van der Waals surface area contributed by atoms with E-state index in [0.29, 0.717) is 6.04 Å². The van der Waals surface area contributed by atoms with Crippen molar-refractivity contribution in [3.05, 3.63) is 18.6 Å². The standard InChI is InChI=1S/C14H24N6/c1-11(2)19(4)8-5-6-16-13-14-17-7-9-20(14)10-12(15-3)18-13/h7,9-11,15H,5-6,8H2,1-4H3,(H,16,18). The molecule has 0 saturated carbocycles. The van der Waals surface area contributed by atoms with Crippen LogP contribution in [-0.2, 0) is 0 Å². The summed E-state index contributed by atoms with van der Waals surface area (Å²) in [6.07, 6.45) is 6.72. The molecule has 6 nitrogen and oxygen atoms in total. The summed E-state index contributed by atoms with van der Waals surface area (Å²) in [5, 5.41) is 6.45. The van der Waals surface area contributed by atoms with E-state index in [0.717, 1.165) is 36.8 Å². The molecule has 20 heavy (non-hydrogen) atoms. The van der Waals surface area contributed by atoms with E-state index in [1.165, 1.54) is 0 Å². The zero-order valence-corrected chi connectivity index (χ0v) is 12.7. The van der Waals surface area contributed by atoms with Crippen LogP contribution in [0, 0.1) is 0 Å². The van der Waals surface area contributed by atoms with Crippen molar-refractivity contribution < 1.29 is 0 Å². The molecule has 0 radical (unpaired) electrons. The van der Waals surface area contributed by atoms with Gasteiger partial charge in [-0.25, -0.2) is 9.97 Å². The monoisotopic (exact) mass is 276 g/mol. The minimum atomic E-state index is 0.583. The predicted molar refractivity (Wildman–Crippen MR) is 83.4 cm³/mol. The smallest absolute Gasteiger partial charge is 0.180 e. The first kappa shape index (κ1) is 14.6. The van der Waals surface area contributed by atoms with E-state index in [-0.39, 0.29) is 0 Å². The van der Waals surface area contributed by atoms with E-state index in [2.05, 4.69) is 46.4 Å². The molecule has 2 rings (SSSR count). The van der Waals surface area contributed by atoms with Gasteiger partial charge in [0, 0.05) is 32.0 Å². The third kappa shape index (κ3) is 3.39. The summed E-state index contributed by atoms with van der Waals surface area (Å²) in [5.74, 6) is 1.66. The Hall–Kier alpha value is -1.82. The van der Waals surface area contributed by atoms with Crippen LogP contribution in [0.5, 0.6) is 0 Å². The average Bonchev–Trinajstić information content (AvgIpc) is 2.91. The third-order valence-electron chi connectivity index (χ3n) is 3.49. The van der Waals surface area contributed by atoms with Gasteiger partial charge in [0.1, 0.15) is 5.82 Å². The summed E-state index contributed by atoms with van der Waals surface area (Å²) in [6, 6.07) is 0.583. The fourth-order valence-corrected chi connectivity index (χ4v) is 1.96. The molecule has 0 aliphatic carbocycles. The molecule has 0 aromatic carbocycles. The van der Waals surface area contributed by atoms with Gasteiger partial charge in [-0.1, -0.05) is 0 Å². The van der Waals surface area contributed by atoms with Crippen molar-refractivity contribution in [2.24, 2.45) is 0 Å². The zero-order valence-electron chi connectivity index (χ0n) is 12.7. The third-order valence-corrected chi connectivity index (χ3v) is 3.49. The summed E-state index contributed by atoms with van der Waals surface area (Å²) in [5.41, 5.74) is 0.862. The van der Waals surface area contributed by atoms with Crippen LogP contribution in [0.15, 0.2) is 18.6 Å². The van der Waals surface area contributed by atoms with Gasteiger partial charge in [-0.05, 0) is 33.9 Å². The number of hydrogen-bond donors (Lipinski definition) is 2. The Labute approximate surface area is 120 Å². The Kier molecular flexibility index (Phi) is 4.79.